The first kappa shape index (κ1) is 10.7. The molecule has 2 atom stereocenters. The highest BCUT2D eigenvalue weighted by Gasteiger charge is 2.42. The van der Waals surface area contributed by atoms with Crippen LogP contribution >= 0.6 is 0 Å². The highest BCUT2D eigenvalue weighted by molar-refractivity contribution is 5.37. The van der Waals surface area contributed by atoms with E-state index in [-0.39, 0.29) is 5.92 Å². The van der Waals surface area contributed by atoms with Crippen molar-refractivity contribution in [2.75, 3.05) is 6.54 Å². The van der Waals surface area contributed by atoms with Gasteiger partial charge in [0.2, 0.25) is 0 Å². The van der Waals surface area contributed by atoms with E-state index in [1.807, 2.05) is 0 Å². The monoisotopic (exact) mass is 208 g/mol. The van der Waals surface area contributed by atoms with Crippen LogP contribution in [0.2, 0.25) is 0 Å². The van der Waals surface area contributed by atoms with Crippen LogP contribution in [0.1, 0.15) is 37.9 Å². The summed E-state index contributed by atoms with van der Waals surface area (Å²) in [6, 6.07) is 0.438. The van der Waals surface area contributed by atoms with Crippen molar-refractivity contribution in [3.05, 3.63) is 23.5 Å². The third-order valence-electron chi connectivity index (χ3n) is 3.64. The van der Waals surface area contributed by atoms with Crippen LogP contribution in [0.25, 0.3) is 0 Å². The van der Waals surface area contributed by atoms with Crippen LogP contribution in [0, 0.1) is 5.92 Å². The topological polar surface area (TPSA) is 51.2 Å². The molecular weight excluding hydrogens is 188 g/mol. The molecule has 3 N–H and O–H groups in total. The Morgan fingerprint density at radius 3 is 2.80 bits per heavy atom. The highest BCUT2D eigenvalue weighted by atomic mass is 16.3. The predicted octanol–water partition coefficient (Wildman–Crippen LogP) is 1.41. The lowest BCUT2D eigenvalue weighted by atomic mass is 9.89. The van der Waals surface area contributed by atoms with E-state index < -0.39 is 5.60 Å². The molecule has 1 aromatic heterocycles. The van der Waals surface area contributed by atoms with Gasteiger partial charge in [0, 0.05) is 30.5 Å². The SMILES string of the molecule is CC(C)n1cc2c(c1)C(O)(CN)C(C)C2. The molecule has 1 aromatic rings. The van der Waals surface area contributed by atoms with Crippen molar-refractivity contribution in [3.63, 3.8) is 0 Å². The van der Waals surface area contributed by atoms with E-state index in [0.717, 1.165) is 12.0 Å². The number of fused-ring (bicyclic) bond motifs is 1. The minimum absolute atomic E-state index is 0.231. The zero-order valence-corrected chi connectivity index (χ0v) is 9.70. The molecule has 2 unspecified atom stereocenters. The van der Waals surface area contributed by atoms with E-state index in [1.54, 1.807) is 0 Å². The fraction of sp³-hybridized carbons (Fsp3) is 0.667. The molecule has 15 heavy (non-hydrogen) atoms. The summed E-state index contributed by atoms with van der Waals surface area (Å²) in [4.78, 5) is 0. The van der Waals surface area contributed by atoms with Gasteiger partial charge in [0.25, 0.3) is 0 Å². The molecule has 0 spiro atoms. The van der Waals surface area contributed by atoms with Crippen molar-refractivity contribution in [3.8, 4) is 0 Å². The largest absolute Gasteiger partial charge is 0.383 e. The van der Waals surface area contributed by atoms with Crippen LogP contribution in [0.3, 0.4) is 0 Å². The Morgan fingerprint density at radius 2 is 2.27 bits per heavy atom. The molecule has 0 saturated carbocycles. The van der Waals surface area contributed by atoms with E-state index in [2.05, 4.69) is 37.7 Å². The minimum Gasteiger partial charge on any atom is -0.383 e. The maximum absolute atomic E-state index is 10.5. The number of rotatable bonds is 2. The Morgan fingerprint density at radius 1 is 1.60 bits per heavy atom. The van der Waals surface area contributed by atoms with Crippen LogP contribution in [0.4, 0.5) is 0 Å². The van der Waals surface area contributed by atoms with Crippen molar-refractivity contribution < 1.29 is 5.11 Å². The van der Waals surface area contributed by atoms with E-state index in [1.165, 1.54) is 5.56 Å². The summed E-state index contributed by atoms with van der Waals surface area (Å²) in [5.41, 5.74) is 7.18. The van der Waals surface area contributed by atoms with Crippen LogP contribution in [0.5, 0.6) is 0 Å². The lowest BCUT2D eigenvalue weighted by molar-refractivity contribution is 0.00446. The molecule has 2 rings (SSSR count). The van der Waals surface area contributed by atoms with Gasteiger partial charge in [-0.15, -0.1) is 0 Å². The molecule has 0 aliphatic heterocycles. The van der Waals surface area contributed by atoms with Gasteiger partial charge in [0.15, 0.2) is 0 Å². The van der Waals surface area contributed by atoms with Gasteiger partial charge in [0.1, 0.15) is 5.60 Å². The Bertz CT molecular complexity index is 370. The maximum Gasteiger partial charge on any atom is 0.106 e. The molecule has 0 radical (unpaired) electrons. The fourth-order valence-electron chi connectivity index (χ4n) is 2.44. The molecule has 0 bridgehead atoms. The second kappa shape index (κ2) is 3.35. The Balaban J connectivity index is 2.44. The lowest BCUT2D eigenvalue weighted by Gasteiger charge is -2.27. The maximum atomic E-state index is 10.5. The van der Waals surface area contributed by atoms with Gasteiger partial charge in [-0.1, -0.05) is 6.92 Å². The Hall–Kier alpha value is -0.800. The quantitative estimate of drug-likeness (QED) is 0.772. The highest BCUT2D eigenvalue weighted by Crippen LogP contribution is 2.41. The van der Waals surface area contributed by atoms with Crippen LogP contribution in [0.15, 0.2) is 12.4 Å². The first-order valence-corrected chi connectivity index (χ1v) is 5.62. The second-order valence-corrected chi connectivity index (χ2v) is 4.97. The summed E-state index contributed by atoms with van der Waals surface area (Å²) in [5, 5.41) is 10.5. The number of aliphatic hydroxyl groups is 1. The van der Waals surface area contributed by atoms with Crippen molar-refractivity contribution in [1.29, 1.82) is 0 Å². The first-order valence-electron chi connectivity index (χ1n) is 5.62. The summed E-state index contributed by atoms with van der Waals surface area (Å²) < 4.78 is 2.15. The minimum atomic E-state index is -0.810. The van der Waals surface area contributed by atoms with Crippen LogP contribution < -0.4 is 5.73 Å². The Labute approximate surface area is 90.9 Å². The molecule has 1 aliphatic rings. The Kier molecular flexibility index (Phi) is 2.40. The van der Waals surface area contributed by atoms with Gasteiger partial charge >= 0.3 is 0 Å². The van der Waals surface area contributed by atoms with E-state index in [9.17, 15) is 5.11 Å². The molecule has 1 aliphatic carbocycles. The van der Waals surface area contributed by atoms with Gasteiger partial charge in [0.05, 0.1) is 0 Å². The average Bonchev–Trinajstić information content (AvgIpc) is 2.68. The summed E-state index contributed by atoms with van der Waals surface area (Å²) in [6.07, 6.45) is 5.13. The summed E-state index contributed by atoms with van der Waals surface area (Å²) in [5.74, 6) is 0.231. The van der Waals surface area contributed by atoms with E-state index in [4.69, 9.17) is 5.73 Å². The smallest absolute Gasteiger partial charge is 0.106 e. The van der Waals surface area contributed by atoms with Gasteiger partial charge in [-0.25, -0.2) is 0 Å². The van der Waals surface area contributed by atoms with Gasteiger partial charge in [-0.2, -0.15) is 0 Å². The number of hydrogen-bond acceptors (Lipinski definition) is 2. The fourth-order valence-corrected chi connectivity index (χ4v) is 2.44. The van der Waals surface area contributed by atoms with Crippen LogP contribution in [-0.2, 0) is 12.0 Å². The number of nitrogens with zero attached hydrogens (tertiary/aromatic N) is 1. The number of nitrogens with two attached hydrogens (primary N) is 1. The van der Waals surface area contributed by atoms with Crippen molar-refractivity contribution in [2.24, 2.45) is 11.7 Å². The molecule has 0 aromatic carbocycles. The molecular formula is C12H20N2O. The van der Waals surface area contributed by atoms with Crippen molar-refractivity contribution in [1.82, 2.24) is 4.57 Å². The zero-order chi connectivity index (χ0) is 11.2. The van der Waals surface area contributed by atoms with Gasteiger partial charge in [-0.3, -0.25) is 0 Å². The van der Waals surface area contributed by atoms with Crippen molar-refractivity contribution in [2.45, 2.75) is 38.8 Å². The standard InChI is InChI=1S/C12H20N2O/c1-8(2)14-5-10-4-9(3)12(15,7-13)11(10)6-14/h5-6,8-9,15H,4,7,13H2,1-3H3. The van der Waals surface area contributed by atoms with E-state index >= 15 is 0 Å². The molecule has 3 heteroatoms. The zero-order valence-electron chi connectivity index (χ0n) is 9.70. The summed E-state index contributed by atoms with van der Waals surface area (Å²) >= 11 is 0. The number of aromatic nitrogens is 1. The molecule has 84 valence electrons. The third-order valence-corrected chi connectivity index (χ3v) is 3.64. The molecule has 0 fully saturated rings. The van der Waals surface area contributed by atoms with Crippen LogP contribution in [-0.4, -0.2) is 16.2 Å². The first-order chi connectivity index (χ1) is 6.99. The second-order valence-electron chi connectivity index (χ2n) is 4.97. The molecule has 3 nitrogen and oxygen atoms in total. The number of hydrogen-bond donors (Lipinski definition) is 2. The lowest BCUT2D eigenvalue weighted by Crippen LogP contribution is -2.38. The van der Waals surface area contributed by atoms with Crippen molar-refractivity contribution >= 4 is 0 Å². The molecule has 0 saturated heterocycles. The van der Waals surface area contributed by atoms with Gasteiger partial charge in [-0.05, 0) is 31.7 Å². The molecule has 0 amide bonds. The average molecular weight is 208 g/mol. The summed E-state index contributed by atoms with van der Waals surface area (Å²) in [7, 11) is 0. The normalized spacial score (nSPS) is 29.9. The third kappa shape index (κ3) is 1.42. The van der Waals surface area contributed by atoms with E-state index in [0.29, 0.717) is 12.6 Å². The molecule has 1 heterocycles. The summed E-state index contributed by atoms with van der Waals surface area (Å²) in [6.45, 7) is 6.65. The van der Waals surface area contributed by atoms with Gasteiger partial charge < -0.3 is 15.4 Å². The predicted molar refractivity (Wildman–Crippen MR) is 60.6 cm³/mol.